The first-order valence-corrected chi connectivity index (χ1v) is 29.2. The fraction of sp³-hybridized carbons (Fsp3) is 0.213. The monoisotopic (exact) mass is 982 g/mol. The number of benzene rings is 8. The summed E-state index contributed by atoms with van der Waals surface area (Å²) in [6, 6.07) is 88.6. The second-order valence-electron chi connectivity index (χ2n) is 18.2. The van der Waals surface area contributed by atoms with Crippen LogP contribution in [0.2, 0.25) is 0 Å². The molecule has 8 aromatic carbocycles. The Balaban J connectivity index is 0.000000205. The van der Waals surface area contributed by atoms with Crippen molar-refractivity contribution in [2.75, 3.05) is 34.7 Å². The third-order valence-corrected chi connectivity index (χ3v) is 23.1. The molecule has 0 aliphatic carbocycles. The molecule has 0 spiro atoms. The van der Waals surface area contributed by atoms with E-state index in [-0.39, 0.29) is 5.54 Å². The van der Waals surface area contributed by atoms with Crippen LogP contribution in [0.25, 0.3) is 0 Å². The summed E-state index contributed by atoms with van der Waals surface area (Å²) < 4.78 is 10.4. The SMILES string of the molecule is CC(CC(C)(C)N(C)P(c1ccccc1)c1ccccc1)N(C)P(c1ccccc1)c1ccccc1.CC(CN(C)P(c1ccccc1)c1ccccc1)N(C)P(c1ccccc1)c1ccccc1. The van der Waals surface area contributed by atoms with Crippen molar-refractivity contribution in [1.82, 2.24) is 18.7 Å². The zero-order chi connectivity index (χ0) is 48.6. The highest BCUT2D eigenvalue weighted by molar-refractivity contribution is 7.72. The van der Waals surface area contributed by atoms with Crippen molar-refractivity contribution in [2.45, 2.75) is 51.7 Å². The van der Waals surface area contributed by atoms with E-state index in [1.165, 1.54) is 42.4 Å². The van der Waals surface area contributed by atoms with Gasteiger partial charge in [0.1, 0.15) is 0 Å². The van der Waals surface area contributed by atoms with Crippen LogP contribution in [0, 0.1) is 0 Å². The summed E-state index contributed by atoms with van der Waals surface area (Å²) in [6.07, 6.45) is 1.07. The molecule has 0 radical (unpaired) electrons. The molecule has 0 heterocycles. The lowest BCUT2D eigenvalue weighted by Gasteiger charge is -2.45. The summed E-state index contributed by atoms with van der Waals surface area (Å²) in [6.45, 7) is 10.6. The highest BCUT2D eigenvalue weighted by atomic mass is 31.1. The third kappa shape index (κ3) is 14.0. The number of likely N-dealkylation sites (N-methyl/N-ethyl adjacent to an activating group) is 2. The van der Waals surface area contributed by atoms with Crippen LogP contribution in [-0.4, -0.2) is 71.0 Å². The predicted molar refractivity (Wildman–Crippen MR) is 310 cm³/mol. The fourth-order valence-corrected chi connectivity index (χ4v) is 18.6. The molecule has 0 aliphatic heterocycles. The van der Waals surface area contributed by atoms with E-state index in [0.29, 0.717) is 12.1 Å². The number of rotatable bonds is 19. The first-order chi connectivity index (χ1) is 33.5. The van der Waals surface area contributed by atoms with E-state index in [4.69, 9.17) is 0 Å². The van der Waals surface area contributed by atoms with Gasteiger partial charge in [0.15, 0.2) is 0 Å². The van der Waals surface area contributed by atoms with Crippen molar-refractivity contribution < 1.29 is 0 Å². The van der Waals surface area contributed by atoms with Gasteiger partial charge in [-0.3, -0.25) is 18.7 Å². The minimum absolute atomic E-state index is 0.000553. The highest BCUT2D eigenvalue weighted by Gasteiger charge is 2.35. The largest absolute Gasteiger partial charge is 0.276 e. The summed E-state index contributed by atoms with van der Waals surface area (Å²) in [5.41, 5.74) is -0.000553. The zero-order valence-electron chi connectivity index (χ0n) is 41.7. The van der Waals surface area contributed by atoms with Gasteiger partial charge >= 0.3 is 0 Å². The first-order valence-electron chi connectivity index (χ1n) is 24.0. The van der Waals surface area contributed by atoms with Crippen molar-refractivity contribution >= 4 is 74.7 Å². The molecule has 0 saturated carbocycles. The summed E-state index contributed by atoms with van der Waals surface area (Å²) in [5.74, 6) is 0. The van der Waals surface area contributed by atoms with Gasteiger partial charge in [-0.15, -0.1) is 0 Å². The van der Waals surface area contributed by atoms with Gasteiger partial charge in [0.05, 0.1) is 0 Å². The van der Waals surface area contributed by atoms with Crippen LogP contribution in [0.5, 0.6) is 0 Å². The van der Waals surface area contributed by atoms with Crippen molar-refractivity contribution in [3.05, 3.63) is 243 Å². The Morgan fingerprint density at radius 3 is 0.797 bits per heavy atom. The average Bonchev–Trinajstić information content (AvgIpc) is 3.39. The molecule has 0 bridgehead atoms. The van der Waals surface area contributed by atoms with Gasteiger partial charge in [-0.25, -0.2) is 0 Å². The second kappa shape index (κ2) is 26.0. The van der Waals surface area contributed by atoms with Gasteiger partial charge in [0, 0.05) is 56.5 Å². The van der Waals surface area contributed by atoms with Gasteiger partial charge in [-0.1, -0.05) is 243 Å². The maximum absolute atomic E-state index is 2.63. The summed E-state index contributed by atoms with van der Waals surface area (Å²) in [7, 11) is 6.78. The van der Waals surface area contributed by atoms with Crippen molar-refractivity contribution in [2.24, 2.45) is 0 Å². The van der Waals surface area contributed by atoms with Gasteiger partial charge in [0.25, 0.3) is 0 Å². The lowest BCUT2D eigenvalue weighted by Crippen LogP contribution is -2.46. The van der Waals surface area contributed by atoms with E-state index < -0.39 is 32.3 Å². The van der Waals surface area contributed by atoms with Crippen LogP contribution in [0.15, 0.2) is 243 Å². The standard InChI is InChI=1S/C32H38N2P2.C29H32N2P2/c1-27(33(4)35(28-18-10-6-11-19-28)29-20-12-7-13-21-29)26-32(2,3)34(5)36(30-22-14-8-15-23-30)31-24-16-9-17-25-31;1-25(31(3)33(28-20-12-6-13-21-28)29-22-14-7-15-23-29)24-30(2)32(26-16-8-4-9-17-26)27-18-10-5-11-19-27/h6-25,27H,26H2,1-5H3;4-23,25H,24H2,1-3H3. The summed E-state index contributed by atoms with van der Waals surface area (Å²) >= 11 is 0. The number of hydrogen-bond donors (Lipinski definition) is 0. The fourth-order valence-electron chi connectivity index (χ4n) is 8.85. The molecular weight excluding hydrogens is 913 g/mol. The Morgan fingerprint density at radius 1 is 0.319 bits per heavy atom. The van der Waals surface area contributed by atoms with Gasteiger partial charge in [-0.2, -0.15) is 0 Å². The molecule has 2 atom stereocenters. The predicted octanol–water partition coefficient (Wildman–Crippen LogP) is 11.8. The van der Waals surface area contributed by atoms with Crippen LogP contribution in [0.3, 0.4) is 0 Å². The number of nitrogens with zero attached hydrogens (tertiary/aromatic N) is 4. The molecule has 69 heavy (non-hydrogen) atoms. The Hall–Kier alpha value is -4.68. The minimum Gasteiger partial charge on any atom is -0.276 e. The van der Waals surface area contributed by atoms with E-state index in [0.717, 1.165) is 13.0 Å². The van der Waals surface area contributed by atoms with Gasteiger partial charge in [-0.05, 0) is 105 Å². The van der Waals surface area contributed by atoms with E-state index in [1.807, 2.05) is 0 Å². The molecule has 0 fully saturated rings. The maximum Gasteiger partial charge on any atom is 0.0283 e. The van der Waals surface area contributed by atoms with Gasteiger partial charge in [0.2, 0.25) is 0 Å². The van der Waals surface area contributed by atoms with Gasteiger partial charge < -0.3 is 0 Å². The van der Waals surface area contributed by atoms with Crippen LogP contribution in [0.1, 0.15) is 34.1 Å². The Labute approximate surface area is 420 Å². The lowest BCUT2D eigenvalue weighted by molar-refractivity contribution is 0.215. The van der Waals surface area contributed by atoms with Crippen LogP contribution < -0.4 is 42.4 Å². The van der Waals surface area contributed by atoms with Crippen LogP contribution >= 0.6 is 32.3 Å². The molecule has 8 rings (SSSR count). The zero-order valence-corrected chi connectivity index (χ0v) is 45.3. The quantitative estimate of drug-likeness (QED) is 0.0749. The van der Waals surface area contributed by atoms with E-state index in [9.17, 15) is 0 Å². The van der Waals surface area contributed by atoms with Crippen LogP contribution in [-0.2, 0) is 0 Å². The molecule has 0 aliphatic rings. The maximum atomic E-state index is 2.63. The van der Waals surface area contributed by atoms with E-state index >= 15 is 0 Å². The summed E-state index contributed by atoms with van der Waals surface area (Å²) in [4.78, 5) is 0. The van der Waals surface area contributed by atoms with Crippen LogP contribution in [0.4, 0.5) is 0 Å². The molecule has 0 saturated heterocycles. The number of hydrogen-bond acceptors (Lipinski definition) is 4. The first kappa shape index (κ1) is 52.2. The molecule has 0 amide bonds. The lowest BCUT2D eigenvalue weighted by atomic mass is 9.96. The van der Waals surface area contributed by atoms with Crippen molar-refractivity contribution in [3.8, 4) is 0 Å². The minimum atomic E-state index is -0.633. The molecule has 8 heteroatoms. The molecule has 0 N–H and O–H groups in total. The Bertz CT molecular complexity index is 2490. The Kier molecular flexibility index (Phi) is 19.6. The van der Waals surface area contributed by atoms with E-state index in [1.54, 1.807) is 0 Å². The molecule has 8 aromatic rings. The summed E-state index contributed by atoms with van der Waals surface area (Å²) in [5, 5.41) is 11.2. The molecule has 4 nitrogen and oxygen atoms in total. The topological polar surface area (TPSA) is 13.0 Å². The highest BCUT2D eigenvalue weighted by Crippen LogP contribution is 2.46. The molecular formula is C61H70N4P4. The molecule has 0 aromatic heterocycles. The third-order valence-electron chi connectivity index (χ3n) is 12.8. The normalized spacial score (nSPS) is 12.8. The van der Waals surface area contributed by atoms with Crippen molar-refractivity contribution in [3.63, 3.8) is 0 Å². The second-order valence-corrected chi connectivity index (χ2v) is 27.3. The van der Waals surface area contributed by atoms with Crippen molar-refractivity contribution in [1.29, 1.82) is 0 Å². The smallest absolute Gasteiger partial charge is 0.0283 e. The van der Waals surface area contributed by atoms with E-state index in [2.05, 4.69) is 317 Å². The Morgan fingerprint density at radius 2 is 0.536 bits per heavy atom. The molecule has 2 unspecified atom stereocenters. The average molecular weight is 983 g/mol. The molecule has 354 valence electrons.